The minimum absolute atomic E-state index is 0.0131. The molecule has 0 spiro atoms. The Labute approximate surface area is 155 Å². The van der Waals surface area contributed by atoms with E-state index in [-0.39, 0.29) is 23.0 Å². The topological polar surface area (TPSA) is 54.0 Å². The predicted molar refractivity (Wildman–Crippen MR) is 105 cm³/mol. The fraction of sp³-hybridized carbons (Fsp3) is 0.545. The number of aromatic nitrogens is 1. The Bertz CT molecular complexity index is 836. The van der Waals surface area contributed by atoms with Gasteiger partial charge in [-0.2, -0.15) is 0 Å². The van der Waals surface area contributed by atoms with Crippen molar-refractivity contribution in [1.29, 1.82) is 0 Å². The Balaban J connectivity index is 1.64. The average Bonchev–Trinajstić information content (AvgIpc) is 3.35. The zero-order chi connectivity index (χ0) is 18.5. The standard InChI is InChI=1S/C22H29N3O/c1-21(2)12-15(13-22(3,4)25-21)23-20(26)17-11-19(14-9-10-14)24-18-8-6-5-7-16(17)18/h5-8,11,14-15,25H,9-10,12-13H2,1-4H3,(H,23,26). The number of nitrogens with one attached hydrogen (secondary N) is 2. The van der Waals surface area contributed by atoms with Crippen LogP contribution in [-0.2, 0) is 0 Å². The Morgan fingerprint density at radius 1 is 1.12 bits per heavy atom. The van der Waals surface area contributed by atoms with Gasteiger partial charge < -0.3 is 10.6 Å². The summed E-state index contributed by atoms with van der Waals surface area (Å²) in [5, 5.41) is 7.94. The van der Waals surface area contributed by atoms with E-state index in [9.17, 15) is 4.79 Å². The van der Waals surface area contributed by atoms with E-state index >= 15 is 0 Å². The number of amides is 1. The maximum atomic E-state index is 13.2. The van der Waals surface area contributed by atoms with Crippen LogP contribution < -0.4 is 10.6 Å². The van der Waals surface area contributed by atoms with Crippen molar-refractivity contribution in [2.24, 2.45) is 0 Å². The highest BCUT2D eigenvalue weighted by Gasteiger charge is 2.38. The van der Waals surface area contributed by atoms with Crippen LogP contribution in [-0.4, -0.2) is 28.0 Å². The molecule has 2 aliphatic rings. The second-order valence-corrected chi connectivity index (χ2v) is 9.36. The van der Waals surface area contributed by atoms with Crippen molar-refractivity contribution in [3.8, 4) is 0 Å². The van der Waals surface area contributed by atoms with Crippen molar-refractivity contribution in [2.75, 3.05) is 0 Å². The number of carbonyl (C=O) groups is 1. The highest BCUT2D eigenvalue weighted by molar-refractivity contribution is 6.06. The predicted octanol–water partition coefficient (Wildman–Crippen LogP) is 4.15. The minimum Gasteiger partial charge on any atom is -0.349 e. The van der Waals surface area contributed by atoms with Crippen molar-refractivity contribution in [1.82, 2.24) is 15.6 Å². The summed E-state index contributed by atoms with van der Waals surface area (Å²) < 4.78 is 0. The fourth-order valence-electron chi connectivity index (χ4n) is 4.66. The third-order valence-corrected chi connectivity index (χ3v) is 5.50. The molecule has 1 amide bonds. The van der Waals surface area contributed by atoms with Gasteiger partial charge in [0.05, 0.1) is 11.1 Å². The molecule has 4 nitrogen and oxygen atoms in total. The summed E-state index contributed by atoms with van der Waals surface area (Å²) >= 11 is 0. The molecule has 0 unspecified atom stereocenters. The lowest BCUT2D eigenvalue weighted by molar-refractivity contribution is 0.0874. The van der Waals surface area contributed by atoms with Crippen LogP contribution in [0.25, 0.3) is 10.9 Å². The van der Waals surface area contributed by atoms with Crippen molar-refractivity contribution in [2.45, 2.75) is 76.4 Å². The molecule has 1 aliphatic heterocycles. The van der Waals surface area contributed by atoms with Crippen LogP contribution in [0.15, 0.2) is 30.3 Å². The monoisotopic (exact) mass is 351 g/mol. The van der Waals surface area contributed by atoms with Gasteiger partial charge in [-0.3, -0.25) is 9.78 Å². The van der Waals surface area contributed by atoms with Gasteiger partial charge in [-0.1, -0.05) is 18.2 Å². The number of nitrogens with zero attached hydrogens (tertiary/aromatic N) is 1. The first-order chi connectivity index (χ1) is 12.2. The molecule has 0 bridgehead atoms. The molecule has 0 atom stereocenters. The van der Waals surface area contributed by atoms with Gasteiger partial charge in [0.2, 0.25) is 0 Å². The van der Waals surface area contributed by atoms with Crippen molar-refractivity contribution >= 4 is 16.8 Å². The van der Waals surface area contributed by atoms with Crippen LogP contribution in [0.4, 0.5) is 0 Å². The smallest absolute Gasteiger partial charge is 0.252 e. The van der Waals surface area contributed by atoms with Crippen LogP contribution >= 0.6 is 0 Å². The Hall–Kier alpha value is -1.94. The summed E-state index contributed by atoms with van der Waals surface area (Å²) in [5.41, 5.74) is 2.79. The van der Waals surface area contributed by atoms with E-state index in [4.69, 9.17) is 4.98 Å². The van der Waals surface area contributed by atoms with Crippen LogP contribution in [0, 0.1) is 0 Å². The van der Waals surface area contributed by atoms with E-state index in [0.717, 1.165) is 35.0 Å². The lowest BCUT2D eigenvalue weighted by Gasteiger charge is -2.46. The lowest BCUT2D eigenvalue weighted by Crippen LogP contribution is -2.62. The molecule has 4 rings (SSSR count). The number of fused-ring (bicyclic) bond motifs is 1. The van der Waals surface area contributed by atoms with Crippen molar-refractivity contribution < 1.29 is 4.79 Å². The number of hydrogen-bond acceptors (Lipinski definition) is 3. The summed E-state index contributed by atoms with van der Waals surface area (Å²) in [5.74, 6) is 0.562. The van der Waals surface area contributed by atoms with Gasteiger partial charge in [0.15, 0.2) is 0 Å². The molecule has 0 radical (unpaired) electrons. The number of rotatable bonds is 3. The molecular formula is C22H29N3O. The highest BCUT2D eigenvalue weighted by atomic mass is 16.1. The minimum atomic E-state index is 0.0131. The Morgan fingerprint density at radius 2 is 1.77 bits per heavy atom. The summed E-state index contributed by atoms with van der Waals surface area (Å²) in [7, 11) is 0. The molecule has 2 aromatic rings. The van der Waals surface area contributed by atoms with Gasteiger partial charge in [0, 0.05) is 34.1 Å². The van der Waals surface area contributed by atoms with Gasteiger partial charge in [-0.25, -0.2) is 0 Å². The number of pyridine rings is 1. The zero-order valence-corrected chi connectivity index (χ0v) is 16.2. The molecule has 1 saturated carbocycles. The first kappa shape index (κ1) is 17.5. The molecule has 1 aliphatic carbocycles. The van der Waals surface area contributed by atoms with E-state index < -0.39 is 0 Å². The molecule has 1 saturated heterocycles. The highest BCUT2D eigenvalue weighted by Crippen LogP contribution is 2.40. The maximum absolute atomic E-state index is 13.2. The van der Waals surface area contributed by atoms with Gasteiger partial charge in [0.1, 0.15) is 0 Å². The zero-order valence-electron chi connectivity index (χ0n) is 16.2. The molecule has 138 valence electrons. The molecule has 1 aromatic heterocycles. The van der Waals surface area contributed by atoms with Crippen LogP contribution in [0.2, 0.25) is 0 Å². The molecule has 26 heavy (non-hydrogen) atoms. The summed E-state index contributed by atoms with van der Waals surface area (Å²) in [6.07, 6.45) is 4.23. The van der Waals surface area contributed by atoms with E-state index in [2.05, 4.69) is 38.3 Å². The molecule has 2 heterocycles. The third kappa shape index (κ3) is 3.61. The van der Waals surface area contributed by atoms with Gasteiger partial charge >= 0.3 is 0 Å². The van der Waals surface area contributed by atoms with E-state index in [1.165, 1.54) is 12.8 Å². The Morgan fingerprint density at radius 3 is 2.42 bits per heavy atom. The third-order valence-electron chi connectivity index (χ3n) is 5.50. The first-order valence-corrected chi connectivity index (χ1v) is 9.72. The lowest BCUT2D eigenvalue weighted by atomic mass is 9.79. The quantitative estimate of drug-likeness (QED) is 0.873. The normalized spacial score (nSPS) is 22.3. The largest absolute Gasteiger partial charge is 0.349 e. The first-order valence-electron chi connectivity index (χ1n) is 9.72. The SMILES string of the molecule is CC1(C)CC(NC(=O)c2cc(C3CC3)nc3ccccc23)CC(C)(C)N1. The molecule has 2 fully saturated rings. The summed E-state index contributed by atoms with van der Waals surface area (Å²) in [4.78, 5) is 18.0. The average molecular weight is 351 g/mol. The van der Waals surface area contributed by atoms with Gasteiger partial charge in [-0.15, -0.1) is 0 Å². The summed E-state index contributed by atoms with van der Waals surface area (Å²) in [6, 6.07) is 10.2. The number of piperidine rings is 1. The van der Waals surface area contributed by atoms with E-state index in [1.54, 1.807) is 0 Å². The van der Waals surface area contributed by atoms with E-state index in [1.807, 2.05) is 30.3 Å². The van der Waals surface area contributed by atoms with Crippen molar-refractivity contribution in [3.05, 3.63) is 41.6 Å². The molecule has 2 N–H and O–H groups in total. The number of benzene rings is 1. The van der Waals surface area contributed by atoms with Crippen LogP contribution in [0.3, 0.4) is 0 Å². The Kier molecular flexibility index (Phi) is 4.07. The van der Waals surface area contributed by atoms with Crippen LogP contribution in [0.5, 0.6) is 0 Å². The van der Waals surface area contributed by atoms with E-state index in [0.29, 0.717) is 5.92 Å². The fourth-order valence-corrected chi connectivity index (χ4v) is 4.66. The second kappa shape index (κ2) is 6.05. The summed E-state index contributed by atoms with van der Waals surface area (Å²) in [6.45, 7) is 8.83. The van der Waals surface area contributed by atoms with Gasteiger partial charge in [-0.05, 0) is 65.5 Å². The molecular weight excluding hydrogens is 322 g/mol. The molecule has 1 aromatic carbocycles. The number of hydrogen-bond donors (Lipinski definition) is 2. The number of carbonyl (C=O) groups excluding carboxylic acids is 1. The number of para-hydroxylation sites is 1. The second-order valence-electron chi connectivity index (χ2n) is 9.36. The van der Waals surface area contributed by atoms with Crippen LogP contribution in [0.1, 0.15) is 75.3 Å². The van der Waals surface area contributed by atoms with Gasteiger partial charge in [0.25, 0.3) is 5.91 Å². The molecule has 4 heteroatoms. The maximum Gasteiger partial charge on any atom is 0.252 e. The van der Waals surface area contributed by atoms with Crippen molar-refractivity contribution in [3.63, 3.8) is 0 Å².